The molecule has 3 rings (SSSR count). The van der Waals surface area contributed by atoms with Crippen LogP contribution in [-0.2, 0) is 10.0 Å². The van der Waals surface area contributed by atoms with Gasteiger partial charge in [-0.2, -0.15) is 5.10 Å². The summed E-state index contributed by atoms with van der Waals surface area (Å²) in [5.74, 6) is 0.843. The van der Waals surface area contributed by atoms with Gasteiger partial charge in [-0.3, -0.25) is 9.89 Å². The summed E-state index contributed by atoms with van der Waals surface area (Å²) < 4.78 is 33.4. The zero-order valence-electron chi connectivity index (χ0n) is 15.9. The van der Waals surface area contributed by atoms with E-state index in [2.05, 4.69) is 14.9 Å². The Morgan fingerprint density at radius 2 is 2.07 bits per heavy atom. The molecule has 9 heteroatoms. The lowest BCUT2D eigenvalue weighted by molar-refractivity contribution is 0.0793. The van der Waals surface area contributed by atoms with E-state index in [4.69, 9.17) is 4.42 Å². The maximum atomic E-state index is 12.7. The molecule has 1 fully saturated rings. The number of carbonyl (C=O) groups is 1. The Labute approximate surface area is 159 Å². The molecule has 148 valence electrons. The van der Waals surface area contributed by atoms with Gasteiger partial charge < -0.3 is 9.32 Å². The fourth-order valence-electron chi connectivity index (χ4n) is 3.14. The lowest BCUT2D eigenvalue weighted by Crippen LogP contribution is -2.27. The van der Waals surface area contributed by atoms with Crippen LogP contribution >= 0.6 is 0 Å². The summed E-state index contributed by atoms with van der Waals surface area (Å²) >= 11 is 0. The molecule has 1 saturated heterocycles. The van der Waals surface area contributed by atoms with E-state index in [9.17, 15) is 13.2 Å². The Morgan fingerprint density at radius 1 is 1.37 bits per heavy atom. The van der Waals surface area contributed by atoms with Gasteiger partial charge in [0.25, 0.3) is 5.91 Å². The van der Waals surface area contributed by atoms with Gasteiger partial charge in [-0.05, 0) is 32.1 Å². The number of H-pyrrole nitrogens is 1. The molecule has 8 nitrogen and oxygen atoms in total. The van der Waals surface area contributed by atoms with Gasteiger partial charge in [0.15, 0.2) is 5.76 Å². The fraction of sp³-hybridized carbons (Fsp3) is 0.556. The number of amides is 1. The van der Waals surface area contributed by atoms with Gasteiger partial charge in [-0.15, -0.1) is 0 Å². The topological polar surface area (TPSA) is 108 Å². The summed E-state index contributed by atoms with van der Waals surface area (Å²) in [5, 5.41) is 6.73. The van der Waals surface area contributed by atoms with Crippen molar-refractivity contribution in [3.63, 3.8) is 0 Å². The number of furan rings is 1. The molecule has 1 amide bonds. The molecule has 0 spiro atoms. The zero-order valence-corrected chi connectivity index (χ0v) is 16.7. The predicted octanol–water partition coefficient (Wildman–Crippen LogP) is 2.54. The monoisotopic (exact) mass is 394 g/mol. The SMILES string of the molecule is Cc1oc(-c2[nH]ncc2C(=O)N2CCCC2)cc1S(=O)(=O)NCCC(C)C. The molecule has 2 N–H and O–H groups in total. The lowest BCUT2D eigenvalue weighted by Gasteiger charge is -2.14. The molecule has 27 heavy (non-hydrogen) atoms. The van der Waals surface area contributed by atoms with E-state index in [1.54, 1.807) is 11.8 Å². The average Bonchev–Trinajstić information content (AvgIpc) is 3.33. The van der Waals surface area contributed by atoms with Crippen LogP contribution in [-0.4, -0.2) is 49.1 Å². The Morgan fingerprint density at radius 3 is 2.74 bits per heavy atom. The molecule has 1 aliphatic heterocycles. The second-order valence-electron chi connectivity index (χ2n) is 7.27. The summed E-state index contributed by atoms with van der Waals surface area (Å²) in [7, 11) is -3.68. The fourth-order valence-corrected chi connectivity index (χ4v) is 4.37. The normalized spacial score (nSPS) is 15.0. The molecule has 0 atom stereocenters. The van der Waals surface area contributed by atoms with E-state index >= 15 is 0 Å². The third-order valence-corrected chi connectivity index (χ3v) is 6.25. The van der Waals surface area contributed by atoms with Gasteiger partial charge in [0.1, 0.15) is 16.3 Å². The number of hydrogen-bond donors (Lipinski definition) is 2. The highest BCUT2D eigenvalue weighted by molar-refractivity contribution is 7.89. The summed E-state index contributed by atoms with van der Waals surface area (Å²) in [6, 6.07) is 1.45. The smallest absolute Gasteiger partial charge is 0.257 e. The van der Waals surface area contributed by atoms with Crippen molar-refractivity contribution >= 4 is 15.9 Å². The minimum atomic E-state index is -3.68. The minimum absolute atomic E-state index is 0.0791. The molecule has 3 heterocycles. The largest absolute Gasteiger partial charge is 0.458 e. The van der Waals surface area contributed by atoms with Crippen LogP contribution in [0.5, 0.6) is 0 Å². The van der Waals surface area contributed by atoms with Crippen molar-refractivity contribution < 1.29 is 17.6 Å². The predicted molar refractivity (Wildman–Crippen MR) is 101 cm³/mol. The number of aryl methyl sites for hydroxylation is 1. The molecular weight excluding hydrogens is 368 g/mol. The van der Waals surface area contributed by atoms with Crippen molar-refractivity contribution in [2.45, 2.75) is 44.9 Å². The maximum absolute atomic E-state index is 12.7. The van der Waals surface area contributed by atoms with E-state index in [0.717, 1.165) is 32.4 Å². The van der Waals surface area contributed by atoms with Crippen LogP contribution in [0.1, 0.15) is 49.2 Å². The van der Waals surface area contributed by atoms with Gasteiger partial charge in [-0.25, -0.2) is 13.1 Å². The third-order valence-electron chi connectivity index (χ3n) is 4.68. The highest BCUT2D eigenvalue weighted by atomic mass is 32.2. The number of nitrogens with zero attached hydrogens (tertiary/aromatic N) is 2. The molecule has 0 bridgehead atoms. The Bertz CT molecular complexity index is 908. The summed E-state index contributed by atoms with van der Waals surface area (Å²) in [4.78, 5) is 14.5. The number of aromatic amines is 1. The molecular formula is C18H26N4O4S. The van der Waals surface area contributed by atoms with Crippen molar-refractivity contribution in [2.24, 2.45) is 5.92 Å². The lowest BCUT2D eigenvalue weighted by atomic mass is 10.1. The van der Waals surface area contributed by atoms with E-state index in [1.165, 1.54) is 12.3 Å². The third kappa shape index (κ3) is 4.24. The Kier molecular flexibility index (Phi) is 5.71. The van der Waals surface area contributed by atoms with Gasteiger partial charge in [0, 0.05) is 25.7 Å². The van der Waals surface area contributed by atoms with Crippen LogP contribution in [0.3, 0.4) is 0 Å². The van der Waals surface area contributed by atoms with Crippen LogP contribution in [0.2, 0.25) is 0 Å². The van der Waals surface area contributed by atoms with Gasteiger partial charge in [0.2, 0.25) is 10.0 Å². The summed E-state index contributed by atoms with van der Waals surface area (Å²) in [5.41, 5.74) is 0.793. The molecule has 0 unspecified atom stereocenters. The first-order valence-electron chi connectivity index (χ1n) is 9.22. The first-order valence-corrected chi connectivity index (χ1v) is 10.7. The van der Waals surface area contributed by atoms with Crippen LogP contribution in [0, 0.1) is 12.8 Å². The van der Waals surface area contributed by atoms with E-state index in [1.807, 2.05) is 13.8 Å². The zero-order chi connectivity index (χ0) is 19.6. The first-order chi connectivity index (χ1) is 12.8. The van der Waals surface area contributed by atoms with Crippen molar-refractivity contribution in [1.29, 1.82) is 0 Å². The number of likely N-dealkylation sites (tertiary alicyclic amines) is 1. The molecule has 0 saturated carbocycles. The molecule has 2 aromatic heterocycles. The Balaban J connectivity index is 1.85. The van der Waals surface area contributed by atoms with Crippen molar-refractivity contribution in [3.8, 4) is 11.5 Å². The van der Waals surface area contributed by atoms with E-state index in [0.29, 0.717) is 23.7 Å². The average molecular weight is 394 g/mol. The molecule has 0 aromatic carbocycles. The molecule has 0 aliphatic carbocycles. The van der Waals surface area contributed by atoms with Gasteiger partial charge in [0.05, 0.1) is 11.8 Å². The van der Waals surface area contributed by atoms with Gasteiger partial charge in [-0.1, -0.05) is 13.8 Å². The standard InChI is InChI=1S/C18H26N4O4S/c1-12(2)6-7-20-27(24,25)16-10-15(26-13(16)3)17-14(11-19-21-17)18(23)22-8-4-5-9-22/h10-12,20H,4-9H2,1-3H3,(H,19,21). The van der Waals surface area contributed by atoms with Gasteiger partial charge >= 0.3 is 0 Å². The summed E-state index contributed by atoms with van der Waals surface area (Å²) in [6.07, 6.45) is 4.19. The molecule has 0 radical (unpaired) electrons. The number of aromatic nitrogens is 2. The molecule has 2 aromatic rings. The van der Waals surface area contributed by atoms with E-state index in [-0.39, 0.29) is 22.3 Å². The van der Waals surface area contributed by atoms with Crippen LogP contribution in [0.4, 0.5) is 0 Å². The van der Waals surface area contributed by atoms with E-state index < -0.39 is 10.0 Å². The highest BCUT2D eigenvalue weighted by Crippen LogP contribution is 2.30. The second-order valence-corrected chi connectivity index (χ2v) is 9.00. The van der Waals surface area contributed by atoms with Crippen molar-refractivity contribution in [2.75, 3.05) is 19.6 Å². The van der Waals surface area contributed by atoms with Crippen molar-refractivity contribution in [1.82, 2.24) is 19.8 Å². The quantitative estimate of drug-likeness (QED) is 0.750. The number of hydrogen-bond acceptors (Lipinski definition) is 5. The van der Waals surface area contributed by atoms with Crippen LogP contribution in [0.15, 0.2) is 21.6 Å². The molecule has 1 aliphatic rings. The number of sulfonamides is 1. The number of nitrogens with one attached hydrogen (secondary N) is 2. The minimum Gasteiger partial charge on any atom is -0.458 e. The number of rotatable bonds is 7. The van der Waals surface area contributed by atoms with Crippen LogP contribution in [0.25, 0.3) is 11.5 Å². The maximum Gasteiger partial charge on any atom is 0.257 e. The second kappa shape index (κ2) is 7.85. The highest BCUT2D eigenvalue weighted by Gasteiger charge is 2.27. The Hall–Kier alpha value is -2.13. The number of carbonyl (C=O) groups excluding carboxylic acids is 1. The van der Waals surface area contributed by atoms with Crippen LogP contribution < -0.4 is 4.72 Å². The first kappa shape index (κ1) is 19.6. The summed E-state index contributed by atoms with van der Waals surface area (Å²) in [6.45, 7) is 7.47. The van der Waals surface area contributed by atoms with Crippen molar-refractivity contribution in [3.05, 3.63) is 23.6 Å².